The van der Waals surface area contributed by atoms with Crippen LogP contribution in [0.3, 0.4) is 0 Å². The molecule has 0 spiro atoms. The second-order valence-corrected chi connectivity index (χ2v) is 5.28. The molecular formula is C16H21NO. The van der Waals surface area contributed by atoms with Gasteiger partial charge in [-0.05, 0) is 55.4 Å². The second-order valence-electron chi connectivity index (χ2n) is 5.28. The van der Waals surface area contributed by atoms with Gasteiger partial charge in [-0.2, -0.15) is 0 Å². The van der Waals surface area contributed by atoms with Gasteiger partial charge in [-0.15, -0.1) is 0 Å². The van der Waals surface area contributed by atoms with Crippen molar-refractivity contribution in [1.82, 2.24) is 0 Å². The summed E-state index contributed by atoms with van der Waals surface area (Å²) < 4.78 is 5.94. The Morgan fingerprint density at radius 2 is 1.89 bits per heavy atom. The van der Waals surface area contributed by atoms with Crippen LogP contribution in [0.5, 0.6) is 0 Å². The second kappa shape index (κ2) is 4.77. The summed E-state index contributed by atoms with van der Waals surface area (Å²) in [5.41, 5.74) is 11.2. The highest BCUT2D eigenvalue weighted by Gasteiger charge is 2.17. The van der Waals surface area contributed by atoms with Crippen LogP contribution in [0.25, 0.3) is 11.0 Å². The van der Waals surface area contributed by atoms with Gasteiger partial charge in [0.1, 0.15) is 11.3 Å². The summed E-state index contributed by atoms with van der Waals surface area (Å²) in [7, 11) is 0. The maximum Gasteiger partial charge on any atom is 0.134 e. The zero-order chi connectivity index (χ0) is 12.5. The Kier molecular flexibility index (Phi) is 3.13. The van der Waals surface area contributed by atoms with Crippen LogP contribution >= 0.6 is 0 Å². The summed E-state index contributed by atoms with van der Waals surface area (Å²) in [6, 6.07) is 4.61. The monoisotopic (exact) mass is 243 g/mol. The molecule has 18 heavy (non-hydrogen) atoms. The van der Waals surface area contributed by atoms with Crippen molar-refractivity contribution in [2.24, 2.45) is 5.73 Å². The Labute approximate surface area is 108 Å². The van der Waals surface area contributed by atoms with E-state index < -0.39 is 0 Å². The fourth-order valence-corrected chi connectivity index (χ4v) is 3.12. The topological polar surface area (TPSA) is 39.2 Å². The SMILES string of the molecule is CCCc1c(CN)oc2cc3c(cc12)CCCC3. The first-order valence-electron chi connectivity index (χ1n) is 7.09. The molecule has 0 atom stereocenters. The van der Waals surface area contributed by atoms with E-state index in [9.17, 15) is 0 Å². The first-order chi connectivity index (χ1) is 8.83. The van der Waals surface area contributed by atoms with E-state index in [4.69, 9.17) is 10.2 Å². The summed E-state index contributed by atoms with van der Waals surface area (Å²) >= 11 is 0. The third-order valence-electron chi connectivity index (χ3n) is 4.02. The zero-order valence-corrected chi connectivity index (χ0v) is 11.1. The fourth-order valence-electron chi connectivity index (χ4n) is 3.12. The molecule has 3 rings (SSSR count). The number of fused-ring (bicyclic) bond motifs is 2. The molecule has 1 aromatic carbocycles. The molecule has 2 nitrogen and oxygen atoms in total. The number of benzene rings is 1. The van der Waals surface area contributed by atoms with Gasteiger partial charge in [0.25, 0.3) is 0 Å². The van der Waals surface area contributed by atoms with Crippen molar-refractivity contribution in [3.8, 4) is 0 Å². The van der Waals surface area contributed by atoms with E-state index >= 15 is 0 Å². The van der Waals surface area contributed by atoms with E-state index in [1.54, 1.807) is 0 Å². The van der Waals surface area contributed by atoms with Gasteiger partial charge in [-0.3, -0.25) is 0 Å². The highest BCUT2D eigenvalue weighted by Crippen LogP contribution is 2.32. The molecule has 1 heterocycles. The third-order valence-corrected chi connectivity index (χ3v) is 4.02. The maximum atomic E-state index is 5.94. The molecule has 0 saturated heterocycles. The average molecular weight is 243 g/mol. The summed E-state index contributed by atoms with van der Waals surface area (Å²) in [6.45, 7) is 2.71. The van der Waals surface area contributed by atoms with Crippen molar-refractivity contribution in [2.45, 2.75) is 52.0 Å². The minimum Gasteiger partial charge on any atom is -0.459 e. The van der Waals surface area contributed by atoms with E-state index in [0.717, 1.165) is 24.2 Å². The molecule has 0 saturated carbocycles. The van der Waals surface area contributed by atoms with Crippen LogP contribution in [0.15, 0.2) is 16.5 Å². The van der Waals surface area contributed by atoms with Crippen molar-refractivity contribution >= 4 is 11.0 Å². The number of aryl methyl sites for hydroxylation is 3. The standard InChI is InChI=1S/C16H21NO/c1-2-5-13-14-8-11-6-3-4-7-12(11)9-15(14)18-16(13)10-17/h8-9H,2-7,10,17H2,1H3. The molecule has 1 aliphatic carbocycles. The van der Waals surface area contributed by atoms with E-state index in [-0.39, 0.29) is 0 Å². The normalized spacial score (nSPS) is 15.0. The lowest BCUT2D eigenvalue weighted by Crippen LogP contribution is -2.02. The Balaban J connectivity index is 2.19. The molecule has 96 valence electrons. The van der Waals surface area contributed by atoms with Crippen LogP contribution in [-0.2, 0) is 25.8 Å². The highest BCUT2D eigenvalue weighted by molar-refractivity contribution is 5.84. The summed E-state index contributed by atoms with van der Waals surface area (Å²) in [5.74, 6) is 0.981. The van der Waals surface area contributed by atoms with Crippen molar-refractivity contribution in [3.05, 3.63) is 34.6 Å². The number of rotatable bonds is 3. The minimum atomic E-state index is 0.509. The maximum absolute atomic E-state index is 5.94. The zero-order valence-electron chi connectivity index (χ0n) is 11.1. The smallest absolute Gasteiger partial charge is 0.134 e. The molecule has 0 bridgehead atoms. The van der Waals surface area contributed by atoms with Crippen molar-refractivity contribution < 1.29 is 4.42 Å². The molecule has 0 fully saturated rings. The summed E-state index contributed by atoms with van der Waals surface area (Å²) in [5, 5.41) is 1.30. The molecule has 2 heteroatoms. The van der Waals surface area contributed by atoms with E-state index in [1.165, 1.54) is 47.8 Å². The largest absolute Gasteiger partial charge is 0.459 e. The van der Waals surface area contributed by atoms with Crippen molar-refractivity contribution in [1.29, 1.82) is 0 Å². The van der Waals surface area contributed by atoms with E-state index in [1.807, 2.05) is 0 Å². The minimum absolute atomic E-state index is 0.509. The van der Waals surface area contributed by atoms with Gasteiger partial charge in [-0.25, -0.2) is 0 Å². The van der Waals surface area contributed by atoms with Gasteiger partial charge in [-0.1, -0.05) is 13.3 Å². The quantitative estimate of drug-likeness (QED) is 0.892. The van der Waals surface area contributed by atoms with E-state index in [0.29, 0.717) is 6.54 Å². The molecule has 0 aliphatic heterocycles. The summed E-state index contributed by atoms with van der Waals surface area (Å²) in [6.07, 6.45) is 7.26. The summed E-state index contributed by atoms with van der Waals surface area (Å²) in [4.78, 5) is 0. The third kappa shape index (κ3) is 1.85. The van der Waals surface area contributed by atoms with Crippen LogP contribution in [0.1, 0.15) is 48.6 Å². The van der Waals surface area contributed by atoms with Crippen LogP contribution < -0.4 is 5.73 Å². The molecule has 0 radical (unpaired) electrons. The van der Waals surface area contributed by atoms with Gasteiger partial charge >= 0.3 is 0 Å². The van der Waals surface area contributed by atoms with Crippen molar-refractivity contribution in [2.75, 3.05) is 0 Å². The lowest BCUT2D eigenvalue weighted by molar-refractivity contribution is 0.544. The van der Waals surface area contributed by atoms with Crippen LogP contribution in [0, 0.1) is 0 Å². The number of hydrogen-bond acceptors (Lipinski definition) is 2. The molecular weight excluding hydrogens is 222 g/mol. The van der Waals surface area contributed by atoms with E-state index in [2.05, 4.69) is 19.1 Å². The van der Waals surface area contributed by atoms with Crippen LogP contribution in [0.4, 0.5) is 0 Å². The molecule has 2 aromatic rings. The predicted molar refractivity (Wildman–Crippen MR) is 74.7 cm³/mol. The lowest BCUT2D eigenvalue weighted by atomic mass is 9.90. The van der Waals surface area contributed by atoms with Gasteiger partial charge in [0, 0.05) is 10.9 Å². The Bertz CT molecular complexity index is 568. The van der Waals surface area contributed by atoms with Gasteiger partial charge in [0.15, 0.2) is 0 Å². The van der Waals surface area contributed by atoms with Crippen LogP contribution in [-0.4, -0.2) is 0 Å². The molecule has 0 amide bonds. The molecule has 0 unspecified atom stereocenters. The van der Waals surface area contributed by atoms with Crippen molar-refractivity contribution in [3.63, 3.8) is 0 Å². The average Bonchev–Trinajstić information content (AvgIpc) is 2.74. The lowest BCUT2D eigenvalue weighted by Gasteiger charge is -2.15. The molecule has 2 N–H and O–H groups in total. The van der Waals surface area contributed by atoms with Gasteiger partial charge in [0.2, 0.25) is 0 Å². The molecule has 1 aliphatic rings. The Morgan fingerprint density at radius 1 is 1.17 bits per heavy atom. The Hall–Kier alpha value is -1.28. The number of furan rings is 1. The number of nitrogens with two attached hydrogens (primary N) is 1. The van der Waals surface area contributed by atoms with Gasteiger partial charge < -0.3 is 10.2 Å². The fraction of sp³-hybridized carbons (Fsp3) is 0.500. The molecule has 1 aromatic heterocycles. The van der Waals surface area contributed by atoms with Gasteiger partial charge in [0.05, 0.1) is 6.54 Å². The van der Waals surface area contributed by atoms with Crippen LogP contribution in [0.2, 0.25) is 0 Å². The first kappa shape index (κ1) is 11.8. The highest BCUT2D eigenvalue weighted by atomic mass is 16.3. The predicted octanol–water partition coefficient (Wildman–Crippen LogP) is 3.72. The first-order valence-corrected chi connectivity index (χ1v) is 7.09. The number of hydrogen-bond donors (Lipinski definition) is 1. The Morgan fingerprint density at radius 3 is 2.56 bits per heavy atom.